The van der Waals surface area contributed by atoms with Crippen LogP contribution in [0, 0.1) is 31.0 Å². The van der Waals surface area contributed by atoms with E-state index in [1.807, 2.05) is 18.2 Å². The van der Waals surface area contributed by atoms with Crippen LogP contribution in [0.1, 0.15) is 11.7 Å². The lowest BCUT2D eigenvalue weighted by atomic mass is 9.65. The highest BCUT2D eigenvalue weighted by molar-refractivity contribution is 6.51. The Morgan fingerprint density at radius 2 is 1.69 bits per heavy atom. The van der Waals surface area contributed by atoms with E-state index in [1.54, 1.807) is 31.4 Å². The molecule has 1 aliphatic rings. The quantitative estimate of drug-likeness (QED) is 0.643. The van der Waals surface area contributed by atoms with Crippen molar-refractivity contribution in [3.8, 4) is 0 Å². The summed E-state index contributed by atoms with van der Waals surface area (Å²) >= 11 is 0. The third-order valence-electron chi connectivity index (χ3n) is 2.57. The fourth-order valence-corrected chi connectivity index (χ4v) is 1.75. The second kappa shape index (κ2) is 5.00. The Bertz CT molecular complexity index is 328. The van der Waals surface area contributed by atoms with Crippen LogP contribution in [-0.4, -0.2) is 22.3 Å². The third-order valence-corrected chi connectivity index (χ3v) is 2.57. The van der Waals surface area contributed by atoms with Gasteiger partial charge in [-0.05, 0) is 24.8 Å². The van der Waals surface area contributed by atoms with E-state index in [-0.39, 0.29) is 0 Å². The molecule has 2 rings (SSSR count). The Hall–Kier alpha value is -0.835. The molecule has 0 amide bonds. The first-order valence-corrected chi connectivity index (χ1v) is 5.05. The molecule has 1 aromatic carbocycles. The summed E-state index contributed by atoms with van der Waals surface area (Å²) in [5.41, 5.74) is 0.732. The Balaban J connectivity index is 2.12. The van der Waals surface area contributed by atoms with Gasteiger partial charge in [0.25, 0.3) is 0 Å². The molecule has 0 saturated heterocycles. The third kappa shape index (κ3) is 2.29. The van der Waals surface area contributed by atoms with E-state index in [0.717, 1.165) is 5.56 Å². The largest absolute Gasteiger partial charge is 0.459 e. The fourth-order valence-electron chi connectivity index (χ4n) is 1.75. The number of hydrogen-bond acceptors (Lipinski definition) is 3. The van der Waals surface area contributed by atoms with Crippen molar-refractivity contribution in [1.82, 2.24) is 0 Å². The Kier molecular flexibility index (Phi) is 3.64. The van der Waals surface area contributed by atoms with Crippen LogP contribution < -0.4 is 0 Å². The Labute approximate surface area is 95.9 Å². The van der Waals surface area contributed by atoms with Gasteiger partial charge in [0.15, 0.2) is 0 Å². The van der Waals surface area contributed by atoms with Gasteiger partial charge in [0.2, 0.25) is 0 Å². The molecular formula is C12H12BO3. The lowest BCUT2D eigenvalue weighted by Crippen LogP contribution is -2.28. The van der Waals surface area contributed by atoms with E-state index in [4.69, 9.17) is 10.0 Å². The van der Waals surface area contributed by atoms with Crippen molar-refractivity contribution in [2.75, 3.05) is 0 Å². The first-order valence-electron chi connectivity index (χ1n) is 5.05. The lowest BCUT2D eigenvalue weighted by Gasteiger charge is -2.23. The van der Waals surface area contributed by atoms with Crippen LogP contribution >= 0.6 is 0 Å². The first kappa shape index (κ1) is 11.6. The van der Waals surface area contributed by atoms with Gasteiger partial charge < -0.3 is 15.2 Å². The number of aliphatic hydroxyl groups is 1. The predicted molar refractivity (Wildman–Crippen MR) is 61.0 cm³/mol. The van der Waals surface area contributed by atoms with Gasteiger partial charge in [-0.2, -0.15) is 0 Å². The van der Waals surface area contributed by atoms with Gasteiger partial charge in [-0.3, -0.25) is 0 Å². The van der Waals surface area contributed by atoms with E-state index in [0.29, 0.717) is 11.7 Å². The minimum atomic E-state index is -1.55. The van der Waals surface area contributed by atoms with Crippen LogP contribution in [-0.2, 0) is 0 Å². The number of aliphatic hydroxyl groups excluding tert-OH is 1. The van der Waals surface area contributed by atoms with Crippen molar-refractivity contribution in [3.05, 3.63) is 66.9 Å². The summed E-state index contributed by atoms with van der Waals surface area (Å²) in [4.78, 5) is 0. The molecule has 0 aliphatic heterocycles. The second-order valence-corrected chi connectivity index (χ2v) is 3.62. The molecule has 3 nitrogen and oxygen atoms in total. The van der Waals surface area contributed by atoms with Gasteiger partial charge in [0.05, 0.1) is 6.10 Å². The molecule has 0 bridgehead atoms. The van der Waals surface area contributed by atoms with E-state index in [1.165, 1.54) is 0 Å². The summed E-state index contributed by atoms with van der Waals surface area (Å²) in [5.74, 6) is 0.873. The summed E-state index contributed by atoms with van der Waals surface area (Å²) in [6.07, 6.45) is 4.14. The molecule has 1 fully saturated rings. The highest BCUT2D eigenvalue weighted by Crippen LogP contribution is 2.42. The monoisotopic (exact) mass is 215 g/mol. The lowest BCUT2D eigenvalue weighted by molar-refractivity contribution is 0.197. The van der Waals surface area contributed by atoms with Crippen LogP contribution in [0.5, 0.6) is 0 Å². The van der Waals surface area contributed by atoms with E-state index < -0.39 is 13.2 Å². The zero-order chi connectivity index (χ0) is 11.5. The molecule has 5 radical (unpaired) electrons. The van der Waals surface area contributed by atoms with Crippen molar-refractivity contribution < 1.29 is 15.2 Å². The van der Waals surface area contributed by atoms with Crippen molar-refractivity contribution in [2.45, 2.75) is 6.10 Å². The molecule has 16 heavy (non-hydrogen) atoms. The van der Waals surface area contributed by atoms with Crippen LogP contribution in [0.4, 0.5) is 0 Å². The molecule has 4 heteroatoms. The minimum absolute atomic E-state index is 0.344. The van der Waals surface area contributed by atoms with Gasteiger partial charge in [0.1, 0.15) is 0 Å². The normalized spacial score (nSPS) is 19.9. The molecule has 1 aliphatic carbocycles. The van der Waals surface area contributed by atoms with Crippen molar-refractivity contribution >= 4 is 7.12 Å². The Morgan fingerprint density at radius 1 is 1.00 bits per heavy atom. The van der Waals surface area contributed by atoms with Crippen molar-refractivity contribution in [1.29, 1.82) is 0 Å². The van der Waals surface area contributed by atoms with Gasteiger partial charge in [-0.1, -0.05) is 30.3 Å². The van der Waals surface area contributed by atoms with E-state index in [2.05, 4.69) is 0 Å². The molecule has 1 aromatic rings. The maximum Gasteiger partial charge on any atom is 0.459 e. The maximum absolute atomic E-state index is 10.1. The summed E-state index contributed by atoms with van der Waals surface area (Å²) in [6, 6.07) is 9.12. The average Bonchev–Trinajstić information content (AvgIpc) is 2.78. The van der Waals surface area contributed by atoms with Crippen molar-refractivity contribution in [2.24, 2.45) is 0 Å². The molecule has 3 N–H and O–H groups in total. The van der Waals surface area contributed by atoms with Crippen LogP contribution in [0.25, 0.3) is 0 Å². The second-order valence-electron chi connectivity index (χ2n) is 3.62. The molecule has 1 unspecified atom stereocenters. The molecule has 0 spiro atoms. The summed E-state index contributed by atoms with van der Waals surface area (Å²) in [7, 11) is -1.55. The van der Waals surface area contributed by atoms with E-state index in [9.17, 15) is 5.11 Å². The molecule has 81 valence electrons. The summed E-state index contributed by atoms with van der Waals surface area (Å²) < 4.78 is 0. The molecule has 1 saturated carbocycles. The van der Waals surface area contributed by atoms with Crippen LogP contribution in [0.3, 0.4) is 0 Å². The average molecular weight is 215 g/mol. The van der Waals surface area contributed by atoms with Crippen LogP contribution in [0.2, 0.25) is 0 Å². The van der Waals surface area contributed by atoms with Crippen LogP contribution in [0.15, 0.2) is 30.3 Å². The highest BCUT2D eigenvalue weighted by atomic mass is 16.4. The first-order chi connectivity index (χ1) is 7.70. The molecule has 0 aromatic heterocycles. The fraction of sp³-hybridized carbons (Fsp3) is 0.0833. The molecule has 0 heterocycles. The molecular weight excluding hydrogens is 203 g/mol. The zero-order valence-electron chi connectivity index (χ0n) is 8.62. The number of benzene rings is 1. The number of hydrogen-bond donors (Lipinski definition) is 3. The molecule has 1 atom stereocenters. The van der Waals surface area contributed by atoms with Gasteiger partial charge in [-0.15, -0.1) is 0 Å². The Morgan fingerprint density at radius 3 is 2.31 bits per heavy atom. The summed E-state index contributed by atoms with van der Waals surface area (Å²) in [6.45, 7) is 0. The van der Waals surface area contributed by atoms with Crippen molar-refractivity contribution in [3.63, 3.8) is 0 Å². The standard InChI is InChI=1S/C12H12BO3/c14-12(9-5-2-1-3-6-9)10-7-4-8-11(10)13(15)16/h1-8,12,14-16H. The maximum atomic E-state index is 10.1. The smallest absolute Gasteiger partial charge is 0.427 e. The minimum Gasteiger partial charge on any atom is -0.427 e. The summed E-state index contributed by atoms with van der Waals surface area (Å²) in [5, 5.41) is 28.4. The van der Waals surface area contributed by atoms with Gasteiger partial charge in [-0.25, -0.2) is 0 Å². The van der Waals surface area contributed by atoms with Gasteiger partial charge >= 0.3 is 7.12 Å². The highest BCUT2D eigenvalue weighted by Gasteiger charge is 2.41. The topological polar surface area (TPSA) is 60.7 Å². The SMILES string of the molecule is OB(O)[C]1[CH][CH][CH][C]1C(O)c1ccccc1. The predicted octanol–water partition coefficient (Wildman–Crippen LogP) is 0.507. The number of rotatable bonds is 3. The van der Waals surface area contributed by atoms with E-state index >= 15 is 0 Å². The van der Waals surface area contributed by atoms with Gasteiger partial charge in [0, 0.05) is 11.7 Å². The zero-order valence-corrected chi connectivity index (χ0v) is 8.62.